The number of aromatic nitrogens is 3. The largest absolute Gasteiger partial charge is 0.409 e. The van der Waals surface area contributed by atoms with Gasteiger partial charge in [-0.25, -0.2) is 9.97 Å². The molecule has 2 aromatic rings. The van der Waals surface area contributed by atoms with Gasteiger partial charge in [0.1, 0.15) is 17.1 Å². The van der Waals surface area contributed by atoms with Gasteiger partial charge >= 0.3 is 0 Å². The van der Waals surface area contributed by atoms with Crippen LogP contribution in [-0.2, 0) is 4.43 Å². The van der Waals surface area contributed by atoms with Gasteiger partial charge < -0.3 is 14.1 Å². The number of rotatable bonds is 4. The molecule has 1 N–H and O–H groups in total. The molecule has 148 valence electrons. The summed E-state index contributed by atoms with van der Waals surface area (Å²) in [6, 6.07) is 1.87. The van der Waals surface area contributed by atoms with Gasteiger partial charge in [-0.05, 0) is 30.6 Å². The second-order valence-corrected chi connectivity index (χ2v) is 14.5. The highest BCUT2D eigenvalue weighted by Crippen LogP contribution is 2.50. The van der Waals surface area contributed by atoms with Gasteiger partial charge in [0.05, 0.1) is 23.6 Å². The van der Waals surface area contributed by atoms with E-state index >= 15 is 0 Å². The van der Waals surface area contributed by atoms with Crippen LogP contribution in [-0.4, -0.2) is 40.2 Å². The third-order valence-electron chi connectivity index (χ3n) is 6.54. The highest BCUT2D eigenvalue weighted by Gasteiger charge is 2.53. The average Bonchev–Trinajstić information content (AvgIpc) is 3.10. The predicted octanol–water partition coefficient (Wildman–Crippen LogP) is 4.97. The van der Waals surface area contributed by atoms with Crippen molar-refractivity contribution in [1.29, 1.82) is 0 Å². The molecular weight excluding hydrogens is 378 g/mol. The molecule has 27 heavy (non-hydrogen) atoms. The van der Waals surface area contributed by atoms with E-state index in [1.807, 2.05) is 25.3 Å². The maximum Gasteiger partial charge on any atom is 0.192 e. The Morgan fingerprint density at radius 2 is 2.07 bits per heavy atom. The molecule has 2 aromatic heterocycles. The van der Waals surface area contributed by atoms with E-state index in [4.69, 9.17) is 16.0 Å². The molecule has 7 heteroatoms. The number of aliphatic hydroxyl groups is 1. The molecule has 0 aromatic carbocycles. The molecule has 0 bridgehead atoms. The number of fused-ring (bicyclic) bond motifs is 1. The van der Waals surface area contributed by atoms with Crippen LogP contribution in [0, 0.1) is 5.41 Å². The van der Waals surface area contributed by atoms with Gasteiger partial charge in [0.2, 0.25) is 0 Å². The minimum atomic E-state index is -2.09. The van der Waals surface area contributed by atoms with Crippen molar-refractivity contribution in [3.8, 4) is 0 Å². The topological polar surface area (TPSA) is 60.2 Å². The number of nitrogens with zero attached hydrogens (tertiary/aromatic N) is 3. The van der Waals surface area contributed by atoms with Gasteiger partial charge in [0.25, 0.3) is 0 Å². The van der Waals surface area contributed by atoms with E-state index in [0.717, 1.165) is 17.5 Å². The molecule has 3 rings (SSSR count). The van der Waals surface area contributed by atoms with E-state index in [1.165, 1.54) is 6.33 Å². The van der Waals surface area contributed by atoms with E-state index in [1.54, 1.807) is 0 Å². The molecule has 5 nitrogen and oxygen atoms in total. The van der Waals surface area contributed by atoms with E-state index in [0.29, 0.717) is 5.15 Å². The van der Waals surface area contributed by atoms with Crippen LogP contribution >= 0.6 is 11.6 Å². The molecule has 1 saturated carbocycles. The molecule has 1 unspecified atom stereocenters. The first-order chi connectivity index (χ1) is 12.4. The fraction of sp³-hybridized carbons (Fsp3) is 0.600. The van der Waals surface area contributed by atoms with E-state index in [9.17, 15) is 5.11 Å². The standard InChI is InChI=1S/C20H30ClN3O2Si/c1-8-20(5)11-14(15(16(20)25)26-27(6,7)19(2,3)4)24-10-9-13-17(21)22-12-23-18(13)24/h8-10,12,14-16,25H,1,11H2,2-7H3/t14-,15?,16+,20+/m1/s1. The van der Waals surface area contributed by atoms with Gasteiger partial charge in [0.15, 0.2) is 8.32 Å². The molecule has 0 radical (unpaired) electrons. The summed E-state index contributed by atoms with van der Waals surface area (Å²) in [4.78, 5) is 8.51. The van der Waals surface area contributed by atoms with E-state index in [-0.39, 0.29) is 17.2 Å². The summed E-state index contributed by atoms with van der Waals surface area (Å²) in [6.45, 7) is 17.1. The van der Waals surface area contributed by atoms with Crippen LogP contribution in [0.15, 0.2) is 31.2 Å². The Labute approximate surface area is 167 Å². The van der Waals surface area contributed by atoms with Crippen LogP contribution in [0.5, 0.6) is 0 Å². The molecule has 1 aliphatic rings. The zero-order valence-corrected chi connectivity index (χ0v) is 18.8. The van der Waals surface area contributed by atoms with Crippen LogP contribution in [0.2, 0.25) is 23.3 Å². The van der Waals surface area contributed by atoms with Crippen molar-refractivity contribution >= 4 is 31.0 Å². The Bertz CT molecular complexity index is 861. The maximum atomic E-state index is 11.2. The summed E-state index contributed by atoms with van der Waals surface area (Å²) in [7, 11) is -2.09. The van der Waals surface area contributed by atoms with Gasteiger partial charge in [-0.15, -0.1) is 6.58 Å². The molecule has 0 saturated heterocycles. The smallest absolute Gasteiger partial charge is 0.192 e. The molecule has 2 heterocycles. The van der Waals surface area contributed by atoms with Crippen molar-refractivity contribution in [1.82, 2.24) is 14.5 Å². The van der Waals surface area contributed by atoms with Crippen molar-refractivity contribution in [2.75, 3.05) is 0 Å². The van der Waals surface area contributed by atoms with Crippen molar-refractivity contribution in [2.45, 2.75) is 70.5 Å². The zero-order valence-electron chi connectivity index (χ0n) is 17.0. The van der Waals surface area contributed by atoms with Crippen molar-refractivity contribution < 1.29 is 9.53 Å². The average molecular weight is 408 g/mol. The molecule has 1 aliphatic carbocycles. The quantitative estimate of drug-likeness (QED) is 0.441. The minimum absolute atomic E-state index is 0.0503. The fourth-order valence-corrected chi connectivity index (χ4v) is 5.11. The first-order valence-electron chi connectivity index (χ1n) is 9.38. The zero-order chi connectivity index (χ0) is 20.2. The van der Waals surface area contributed by atoms with Crippen LogP contribution in [0.25, 0.3) is 11.0 Å². The lowest BCUT2D eigenvalue weighted by Gasteiger charge is -2.41. The fourth-order valence-electron chi connectivity index (χ4n) is 3.60. The Balaban J connectivity index is 2.08. The third kappa shape index (κ3) is 3.37. The van der Waals surface area contributed by atoms with E-state index < -0.39 is 19.8 Å². The second kappa shape index (κ2) is 6.69. The number of halogens is 1. The van der Waals surface area contributed by atoms with Crippen LogP contribution < -0.4 is 0 Å². The van der Waals surface area contributed by atoms with Crippen molar-refractivity contribution in [2.24, 2.45) is 5.41 Å². The first-order valence-corrected chi connectivity index (χ1v) is 12.7. The predicted molar refractivity (Wildman–Crippen MR) is 113 cm³/mol. The monoisotopic (exact) mass is 407 g/mol. The molecule has 0 amide bonds. The first kappa shape index (κ1) is 20.5. The van der Waals surface area contributed by atoms with Crippen LogP contribution in [0.4, 0.5) is 0 Å². The SMILES string of the molecule is C=C[C@@]1(C)C[C@@H](n2ccc3c(Cl)ncnc32)C(O[Si](C)(C)C(C)(C)C)[C@@H]1O. The van der Waals surface area contributed by atoms with Gasteiger partial charge in [-0.2, -0.15) is 0 Å². The maximum absolute atomic E-state index is 11.2. The Morgan fingerprint density at radius 3 is 2.67 bits per heavy atom. The molecular formula is C20H30ClN3O2Si. The number of aliphatic hydroxyl groups excluding tert-OH is 1. The highest BCUT2D eigenvalue weighted by molar-refractivity contribution is 6.74. The summed E-state index contributed by atoms with van der Waals surface area (Å²) in [5.74, 6) is 0. The molecule has 0 spiro atoms. The Morgan fingerprint density at radius 1 is 1.41 bits per heavy atom. The lowest BCUT2D eigenvalue weighted by molar-refractivity contribution is -0.000140. The van der Waals surface area contributed by atoms with Gasteiger partial charge in [0, 0.05) is 11.6 Å². The van der Waals surface area contributed by atoms with Gasteiger partial charge in [-0.1, -0.05) is 45.4 Å². The summed E-state index contributed by atoms with van der Waals surface area (Å²) in [5, 5.41) is 12.5. The van der Waals surface area contributed by atoms with Crippen molar-refractivity contribution in [3.05, 3.63) is 36.4 Å². The number of hydrogen-bond donors (Lipinski definition) is 1. The van der Waals surface area contributed by atoms with Gasteiger partial charge in [-0.3, -0.25) is 0 Å². The molecule has 0 aliphatic heterocycles. The number of hydrogen-bond acceptors (Lipinski definition) is 4. The lowest BCUT2D eigenvalue weighted by Crippen LogP contribution is -2.48. The second-order valence-electron chi connectivity index (χ2n) is 9.39. The summed E-state index contributed by atoms with van der Waals surface area (Å²) in [6.07, 6.45) is 5.06. The Kier molecular flexibility index (Phi) is 5.08. The minimum Gasteiger partial charge on any atom is -0.409 e. The summed E-state index contributed by atoms with van der Waals surface area (Å²) < 4.78 is 8.81. The normalized spacial score (nSPS) is 29.4. The Hall–Kier alpha value is -1.21. The summed E-state index contributed by atoms with van der Waals surface area (Å²) >= 11 is 6.24. The van der Waals surface area contributed by atoms with Crippen molar-refractivity contribution in [3.63, 3.8) is 0 Å². The van der Waals surface area contributed by atoms with Crippen LogP contribution in [0.1, 0.15) is 40.2 Å². The molecule has 1 fully saturated rings. The summed E-state index contributed by atoms with van der Waals surface area (Å²) in [5.41, 5.74) is 0.342. The molecule has 4 atom stereocenters. The third-order valence-corrected chi connectivity index (χ3v) is 11.3. The lowest BCUT2D eigenvalue weighted by atomic mass is 9.86. The highest BCUT2D eigenvalue weighted by atomic mass is 35.5. The van der Waals surface area contributed by atoms with Crippen LogP contribution in [0.3, 0.4) is 0 Å². The van der Waals surface area contributed by atoms with E-state index in [2.05, 4.69) is 55.0 Å².